The predicted octanol–water partition coefficient (Wildman–Crippen LogP) is 3.41. The van der Waals surface area contributed by atoms with Gasteiger partial charge in [-0.3, -0.25) is 5.32 Å². The maximum atomic E-state index is 12.2. The predicted molar refractivity (Wildman–Crippen MR) is 120 cm³/mol. The highest BCUT2D eigenvalue weighted by molar-refractivity contribution is 7.13. The van der Waals surface area contributed by atoms with Crippen molar-refractivity contribution in [2.45, 2.75) is 12.8 Å². The summed E-state index contributed by atoms with van der Waals surface area (Å²) in [4.78, 5) is 39.0. The minimum absolute atomic E-state index is 0.408. The fraction of sp³-hybridized carbons (Fsp3) is 0.364. The Balaban J connectivity index is 0.000000312. The van der Waals surface area contributed by atoms with Crippen molar-refractivity contribution < 1.29 is 29.3 Å². The lowest BCUT2D eigenvalue weighted by molar-refractivity contribution is -0.134. The molecule has 10 heteroatoms. The Bertz CT molecular complexity index is 938. The van der Waals surface area contributed by atoms with E-state index in [4.69, 9.17) is 14.9 Å². The van der Waals surface area contributed by atoms with Gasteiger partial charge in [0.1, 0.15) is 0 Å². The number of fused-ring (bicyclic) bond motifs is 3. The van der Waals surface area contributed by atoms with Crippen LogP contribution >= 0.6 is 11.3 Å². The molecule has 1 atom stereocenters. The number of benzene rings is 1. The first-order valence-electron chi connectivity index (χ1n) is 10.2. The third kappa shape index (κ3) is 6.89. The average molecular weight is 460 g/mol. The SMILES string of the molecule is O=C(Nc1ncsc1-c1ccccc1)OCC1CN2CCC1CC2.O=C(O)/C=C/C(=O)O. The van der Waals surface area contributed by atoms with Gasteiger partial charge in [-0.15, -0.1) is 11.3 Å². The Morgan fingerprint density at radius 2 is 1.78 bits per heavy atom. The van der Waals surface area contributed by atoms with Crippen molar-refractivity contribution in [1.29, 1.82) is 0 Å². The highest BCUT2D eigenvalue weighted by atomic mass is 32.1. The quantitative estimate of drug-likeness (QED) is 0.561. The van der Waals surface area contributed by atoms with Gasteiger partial charge in [-0.25, -0.2) is 19.4 Å². The zero-order valence-corrected chi connectivity index (χ0v) is 18.2. The van der Waals surface area contributed by atoms with Crippen LogP contribution in [0.15, 0.2) is 48.0 Å². The lowest BCUT2D eigenvalue weighted by atomic mass is 9.79. The van der Waals surface area contributed by atoms with Crippen LogP contribution in [0.3, 0.4) is 0 Å². The molecule has 1 amide bonds. The van der Waals surface area contributed by atoms with Gasteiger partial charge in [0.2, 0.25) is 0 Å². The molecular formula is C22H25N3O6S. The normalized spacial score (nSPS) is 21.4. The van der Waals surface area contributed by atoms with E-state index in [9.17, 15) is 14.4 Å². The van der Waals surface area contributed by atoms with Crippen LogP contribution < -0.4 is 5.32 Å². The number of rotatable bonds is 6. The number of anilines is 1. The zero-order valence-electron chi connectivity index (χ0n) is 17.3. The molecule has 1 aromatic carbocycles. The Hall–Kier alpha value is -3.24. The number of aromatic nitrogens is 1. The van der Waals surface area contributed by atoms with Crippen molar-refractivity contribution in [2.24, 2.45) is 11.8 Å². The fourth-order valence-corrected chi connectivity index (χ4v) is 4.62. The molecule has 2 bridgehead atoms. The standard InChI is InChI=1S/C18H21N3O2S.C4H4O4/c22-18(23-11-15-10-21-8-6-13(15)7-9-21)20-17-16(24-12-19-17)14-4-2-1-3-5-14;5-3(6)1-2-4(7)8/h1-5,12-13,15H,6-11H2,(H,20,22);1-2H,(H,5,6)(H,7,8)/b;2-1+. The van der Waals surface area contributed by atoms with Crippen LogP contribution in [0.5, 0.6) is 0 Å². The van der Waals surface area contributed by atoms with Crippen LogP contribution in [-0.2, 0) is 14.3 Å². The zero-order chi connectivity index (χ0) is 22.9. The van der Waals surface area contributed by atoms with Gasteiger partial charge in [0.25, 0.3) is 0 Å². The molecule has 3 saturated heterocycles. The number of nitrogens with zero attached hydrogens (tertiary/aromatic N) is 2. The number of nitrogens with one attached hydrogen (secondary N) is 1. The molecule has 0 aliphatic carbocycles. The molecule has 170 valence electrons. The molecule has 0 saturated carbocycles. The number of aliphatic carboxylic acids is 2. The molecule has 2 aromatic rings. The average Bonchev–Trinajstić information content (AvgIpc) is 3.26. The number of carboxylic acid groups (broad SMARTS) is 2. The summed E-state index contributed by atoms with van der Waals surface area (Å²) in [7, 11) is 0. The van der Waals surface area contributed by atoms with Crippen LogP contribution in [0.4, 0.5) is 10.6 Å². The van der Waals surface area contributed by atoms with Crippen LogP contribution in [0.25, 0.3) is 10.4 Å². The van der Waals surface area contributed by atoms with Crippen molar-refractivity contribution in [3.05, 3.63) is 48.0 Å². The lowest BCUT2D eigenvalue weighted by Gasteiger charge is -2.44. The van der Waals surface area contributed by atoms with Crippen LogP contribution in [0.1, 0.15) is 12.8 Å². The first-order chi connectivity index (χ1) is 15.4. The number of carbonyl (C=O) groups excluding carboxylic acids is 1. The summed E-state index contributed by atoms with van der Waals surface area (Å²) in [5.41, 5.74) is 2.79. The summed E-state index contributed by atoms with van der Waals surface area (Å²) in [6, 6.07) is 9.95. The first kappa shape index (κ1) is 23.4. The molecule has 3 aliphatic rings. The molecule has 3 fully saturated rings. The largest absolute Gasteiger partial charge is 0.478 e. The highest BCUT2D eigenvalue weighted by Crippen LogP contribution is 2.33. The van der Waals surface area contributed by atoms with Crippen LogP contribution in [-0.4, -0.2) is 64.4 Å². The van der Waals surface area contributed by atoms with E-state index >= 15 is 0 Å². The first-order valence-corrected chi connectivity index (χ1v) is 11.1. The number of carbonyl (C=O) groups is 3. The number of carboxylic acids is 2. The van der Waals surface area contributed by atoms with E-state index in [-0.39, 0.29) is 0 Å². The molecule has 4 heterocycles. The summed E-state index contributed by atoms with van der Waals surface area (Å²) >= 11 is 1.51. The van der Waals surface area contributed by atoms with Gasteiger partial charge in [0.05, 0.1) is 17.0 Å². The maximum absolute atomic E-state index is 12.2. The summed E-state index contributed by atoms with van der Waals surface area (Å²) in [6.07, 6.45) is 3.18. The molecule has 3 aliphatic heterocycles. The number of hydrogen-bond donors (Lipinski definition) is 3. The monoisotopic (exact) mass is 459 g/mol. The Morgan fingerprint density at radius 3 is 2.34 bits per heavy atom. The number of ether oxygens (including phenoxy) is 1. The molecule has 1 unspecified atom stereocenters. The molecule has 1 aromatic heterocycles. The summed E-state index contributed by atoms with van der Waals surface area (Å²) in [5, 5.41) is 18.4. The smallest absolute Gasteiger partial charge is 0.412 e. The summed E-state index contributed by atoms with van der Waals surface area (Å²) in [5.74, 6) is -0.755. The minimum atomic E-state index is -1.26. The van der Waals surface area contributed by atoms with Crippen LogP contribution in [0, 0.1) is 11.8 Å². The molecule has 3 N–H and O–H groups in total. The van der Waals surface area contributed by atoms with Gasteiger partial charge in [-0.2, -0.15) is 0 Å². The molecule has 0 radical (unpaired) electrons. The molecule has 5 rings (SSSR count). The second-order valence-corrected chi connectivity index (χ2v) is 8.38. The van der Waals surface area contributed by atoms with Crippen molar-refractivity contribution in [2.75, 3.05) is 31.6 Å². The Labute approximate surface area is 189 Å². The van der Waals surface area contributed by atoms with E-state index in [1.165, 1.54) is 37.3 Å². The van der Waals surface area contributed by atoms with Gasteiger partial charge in [-0.1, -0.05) is 30.3 Å². The Morgan fingerprint density at radius 1 is 1.12 bits per heavy atom. The third-order valence-electron chi connectivity index (χ3n) is 5.41. The molecule has 0 spiro atoms. The number of thiazole rings is 1. The number of hydrogen-bond acceptors (Lipinski definition) is 7. The van der Waals surface area contributed by atoms with Crippen LogP contribution in [0.2, 0.25) is 0 Å². The van der Waals surface area contributed by atoms with E-state index in [1.54, 1.807) is 5.51 Å². The van der Waals surface area contributed by atoms with Crippen molar-refractivity contribution in [3.8, 4) is 10.4 Å². The van der Waals surface area contributed by atoms with E-state index < -0.39 is 18.0 Å². The van der Waals surface area contributed by atoms with Crippen molar-refractivity contribution in [3.63, 3.8) is 0 Å². The van der Waals surface area contributed by atoms with E-state index in [2.05, 4.69) is 15.2 Å². The maximum Gasteiger partial charge on any atom is 0.412 e. The summed E-state index contributed by atoms with van der Waals surface area (Å²) in [6.45, 7) is 3.96. The molecule has 9 nitrogen and oxygen atoms in total. The topological polar surface area (TPSA) is 129 Å². The lowest BCUT2D eigenvalue weighted by Crippen LogP contribution is -2.49. The minimum Gasteiger partial charge on any atom is -0.478 e. The van der Waals surface area contributed by atoms with E-state index in [0.717, 1.165) is 17.0 Å². The second-order valence-electron chi connectivity index (χ2n) is 7.53. The third-order valence-corrected chi connectivity index (χ3v) is 6.29. The highest BCUT2D eigenvalue weighted by Gasteiger charge is 2.34. The summed E-state index contributed by atoms with van der Waals surface area (Å²) < 4.78 is 5.49. The van der Waals surface area contributed by atoms with Crippen molar-refractivity contribution >= 4 is 35.2 Å². The molecule has 32 heavy (non-hydrogen) atoms. The second kappa shape index (κ2) is 11.4. The number of piperidine rings is 3. The van der Waals surface area contributed by atoms with Gasteiger partial charge in [0.15, 0.2) is 5.82 Å². The van der Waals surface area contributed by atoms with Gasteiger partial charge in [0, 0.05) is 24.6 Å². The van der Waals surface area contributed by atoms with E-state index in [0.29, 0.717) is 36.4 Å². The molecular weight excluding hydrogens is 434 g/mol. The Kier molecular flexibility index (Phi) is 8.34. The van der Waals surface area contributed by atoms with Gasteiger partial charge < -0.3 is 19.8 Å². The van der Waals surface area contributed by atoms with E-state index in [1.807, 2.05) is 30.3 Å². The number of amides is 1. The van der Waals surface area contributed by atoms with Gasteiger partial charge in [-0.05, 0) is 37.4 Å². The van der Waals surface area contributed by atoms with Gasteiger partial charge >= 0.3 is 18.0 Å². The van der Waals surface area contributed by atoms with Crippen molar-refractivity contribution in [1.82, 2.24) is 9.88 Å². The fourth-order valence-electron chi connectivity index (χ4n) is 3.86.